The molecule has 2 N–H and O–H groups in total. The minimum atomic E-state index is -0.714. The molecule has 0 heterocycles. The van der Waals surface area contributed by atoms with Crippen LogP contribution >= 0.6 is 0 Å². The number of unbranched alkanes of at least 4 members (excludes halogenated alkanes) is 3. The second-order valence-electron chi connectivity index (χ2n) is 7.63. The number of allylic oxidation sites excluding steroid dienone is 5. The Morgan fingerprint density at radius 1 is 1.20 bits per heavy atom. The topological polar surface area (TPSA) is 57.5 Å². The summed E-state index contributed by atoms with van der Waals surface area (Å²) < 4.78 is 0. The van der Waals surface area contributed by atoms with Gasteiger partial charge in [0.1, 0.15) is 0 Å². The van der Waals surface area contributed by atoms with Gasteiger partial charge in [-0.05, 0) is 55.8 Å². The number of fused-ring (bicyclic) bond motifs is 2. The number of aliphatic hydroxyl groups is 1. The van der Waals surface area contributed by atoms with Crippen LogP contribution in [-0.4, -0.2) is 22.3 Å². The first kappa shape index (κ1) is 20.0. The molecule has 0 radical (unpaired) electrons. The summed E-state index contributed by atoms with van der Waals surface area (Å²) >= 11 is 0. The van der Waals surface area contributed by atoms with Crippen LogP contribution in [0.4, 0.5) is 0 Å². The number of rotatable bonds is 12. The Morgan fingerprint density at radius 3 is 2.76 bits per heavy atom. The average molecular weight is 347 g/mol. The first-order chi connectivity index (χ1) is 12.1. The zero-order chi connectivity index (χ0) is 18.1. The fraction of sp³-hybridized carbons (Fsp3) is 0.682. The summed E-state index contributed by atoms with van der Waals surface area (Å²) in [5.74, 6) is 1.76. The van der Waals surface area contributed by atoms with E-state index >= 15 is 0 Å². The summed E-state index contributed by atoms with van der Waals surface area (Å²) in [5.41, 5.74) is 0. The van der Waals surface area contributed by atoms with E-state index in [0.29, 0.717) is 23.7 Å². The molecule has 0 spiro atoms. The highest BCUT2D eigenvalue weighted by atomic mass is 16.4. The predicted molar refractivity (Wildman–Crippen MR) is 102 cm³/mol. The molecule has 0 amide bonds. The molecule has 1 saturated carbocycles. The molecule has 5 atom stereocenters. The van der Waals surface area contributed by atoms with E-state index < -0.39 is 5.97 Å². The highest BCUT2D eigenvalue weighted by molar-refractivity contribution is 5.66. The van der Waals surface area contributed by atoms with Crippen LogP contribution in [-0.2, 0) is 4.79 Å². The van der Waals surface area contributed by atoms with Crippen LogP contribution in [0.1, 0.15) is 64.7 Å². The molecular formula is C22H34O3. The van der Waals surface area contributed by atoms with Crippen LogP contribution in [0.25, 0.3) is 0 Å². The summed E-state index contributed by atoms with van der Waals surface area (Å²) in [6.45, 7) is 2.18. The highest BCUT2D eigenvalue weighted by Gasteiger charge is 2.42. The minimum absolute atomic E-state index is 0.252. The van der Waals surface area contributed by atoms with E-state index in [0.717, 1.165) is 32.1 Å². The van der Waals surface area contributed by atoms with Crippen molar-refractivity contribution in [2.75, 3.05) is 0 Å². The molecule has 3 heteroatoms. The van der Waals surface area contributed by atoms with Gasteiger partial charge in [-0.1, -0.05) is 62.6 Å². The van der Waals surface area contributed by atoms with Crippen LogP contribution in [0.5, 0.6) is 0 Å². The normalized spacial score (nSPS) is 29.2. The van der Waals surface area contributed by atoms with Crippen LogP contribution in [0.2, 0.25) is 0 Å². The third-order valence-corrected chi connectivity index (χ3v) is 5.68. The molecule has 2 bridgehead atoms. The highest BCUT2D eigenvalue weighted by Crippen LogP contribution is 2.50. The molecule has 2 aliphatic rings. The average Bonchev–Trinajstić information content (AvgIpc) is 3.17. The van der Waals surface area contributed by atoms with Crippen LogP contribution in [0, 0.1) is 23.7 Å². The van der Waals surface area contributed by atoms with E-state index in [-0.39, 0.29) is 12.5 Å². The summed E-state index contributed by atoms with van der Waals surface area (Å²) in [6, 6.07) is 0. The summed E-state index contributed by atoms with van der Waals surface area (Å²) in [6.07, 6.45) is 21.6. The fourth-order valence-corrected chi connectivity index (χ4v) is 4.28. The van der Waals surface area contributed by atoms with Gasteiger partial charge in [-0.3, -0.25) is 4.79 Å². The van der Waals surface area contributed by atoms with Crippen LogP contribution in [0.15, 0.2) is 36.5 Å². The van der Waals surface area contributed by atoms with E-state index in [2.05, 4.69) is 37.3 Å². The first-order valence-corrected chi connectivity index (χ1v) is 10.0. The van der Waals surface area contributed by atoms with E-state index in [4.69, 9.17) is 5.11 Å². The maximum atomic E-state index is 10.5. The quantitative estimate of drug-likeness (QED) is 0.381. The van der Waals surface area contributed by atoms with Crippen molar-refractivity contribution in [2.24, 2.45) is 23.7 Å². The van der Waals surface area contributed by atoms with Gasteiger partial charge in [0, 0.05) is 6.42 Å². The Balaban J connectivity index is 1.79. The second kappa shape index (κ2) is 10.6. The monoisotopic (exact) mass is 346 g/mol. The van der Waals surface area contributed by atoms with E-state index in [1.807, 2.05) is 6.08 Å². The van der Waals surface area contributed by atoms with Gasteiger partial charge in [0.15, 0.2) is 0 Å². The van der Waals surface area contributed by atoms with Crippen molar-refractivity contribution in [3.8, 4) is 0 Å². The minimum Gasteiger partial charge on any atom is -0.481 e. The summed E-state index contributed by atoms with van der Waals surface area (Å²) in [5, 5.41) is 18.8. The van der Waals surface area contributed by atoms with Crippen molar-refractivity contribution < 1.29 is 15.0 Å². The number of hydrogen-bond donors (Lipinski definition) is 2. The number of carbonyl (C=O) groups is 1. The molecule has 1 unspecified atom stereocenters. The standard InChI is InChI=1S/C22H34O3/c1-2-3-6-9-19(23)14-15-21-18-13-12-17(16-18)20(21)10-7-4-5-8-11-22(24)25/h4,7,12-15,17-21,23H,2-3,5-6,8-11,16H2,1H3,(H,24,25)/b7-4+,15-14+/t17-,18+,19-,20-,21?/m0/s1. The molecule has 3 nitrogen and oxygen atoms in total. The van der Waals surface area contributed by atoms with Gasteiger partial charge >= 0.3 is 5.97 Å². The fourth-order valence-electron chi connectivity index (χ4n) is 4.28. The molecule has 0 saturated heterocycles. The Morgan fingerprint density at radius 2 is 2.00 bits per heavy atom. The van der Waals surface area contributed by atoms with Crippen LogP contribution < -0.4 is 0 Å². The van der Waals surface area contributed by atoms with Crippen LogP contribution in [0.3, 0.4) is 0 Å². The molecule has 25 heavy (non-hydrogen) atoms. The Kier molecular flexibility index (Phi) is 8.47. The Labute approximate surface area is 152 Å². The maximum absolute atomic E-state index is 10.5. The maximum Gasteiger partial charge on any atom is 0.303 e. The third-order valence-electron chi connectivity index (χ3n) is 5.68. The van der Waals surface area contributed by atoms with Gasteiger partial charge in [-0.2, -0.15) is 0 Å². The van der Waals surface area contributed by atoms with Gasteiger partial charge in [0.25, 0.3) is 0 Å². The number of carboxylic acids is 1. The van der Waals surface area contributed by atoms with Gasteiger partial charge in [0.05, 0.1) is 6.10 Å². The SMILES string of the molecule is CCCCC[C@H](O)/C=C/C1[C@@H]2C=C[C@@H](C2)[C@@H]1C/C=C/CCCC(=O)O. The lowest BCUT2D eigenvalue weighted by atomic mass is 9.80. The zero-order valence-corrected chi connectivity index (χ0v) is 15.5. The Bertz CT molecular complexity index is 492. The Hall–Kier alpha value is -1.35. The third kappa shape index (κ3) is 6.47. The van der Waals surface area contributed by atoms with Crippen molar-refractivity contribution in [1.29, 1.82) is 0 Å². The number of aliphatic carboxylic acids is 1. The lowest BCUT2D eigenvalue weighted by molar-refractivity contribution is -0.137. The van der Waals surface area contributed by atoms with Gasteiger partial charge < -0.3 is 10.2 Å². The molecule has 1 fully saturated rings. The molecular weight excluding hydrogens is 312 g/mol. The van der Waals surface area contributed by atoms with Crippen molar-refractivity contribution in [3.63, 3.8) is 0 Å². The molecule has 0 aromatic heterocycles. The lowest BCUT2D eigenvalue weighted by Gasteiger charge is -2.25. The molecule has 0 aromatic carbocycles. The largest absolute Gasteiger partial charge is 0.481 e. The second-order valence-corrected chi connectivity index (χ2v) is 7.63. The smallest absolute Gasteiger partial charge is 0.303 e. The van der Waals surface area contributed by atoms with Crippen molar-refractivity contribution in [1.82, 2.24) is 0 Å². The number of hydrogen-bond acceptors (Lipinski definition) is 2. The summed E-state index contributed by atoms with van der Waals surface area (Å²) in [7, 11) is 0. The molecule has 140 valence electrons. The van der Waals surface area contributed by atoms with Crippen molar-refractivity contribution in [2.45, 2.75) is 70.8 Å². The van der Waals surface area contributed by atoms with E-state index in [1.165, 1.54) is 19.3 Å². The van der Waals surface area contributed by atoms with Crippen molar-refractivity contribution in [3.05, 3.63) is 36.5 Å². The molecule has 2 rings (SSSR count). The van der Waals surface area contributed by atoms with Gasteiger partial charge in [0.2, 0.25) is 0 Å². The lowest BCUT2D eigenvalue weighted by Crippen LogP contribution is -2.17. The summed E-state index contributed by atoms with van der Waals surface area (Å²) in [4.78, 5) is 10.5. The molecule has 2 aliphatic carbocycles. The molecule has 0 aromatic rings. The predicted octanol–water partition coefficient (Wildman–Crippen LogP) is 5.12. The van der Waals surface area contributed by atoms with Crippen molar-refractivity contribution >= 4 is 5.97 Å². The van der Waals surface area contributed by atoms with E-state index in [9.17, 15) is 9.90 Å². The van der Waals surface area contributed by atoms with E-state index in [1.54, 1.807) is 0 Å². The number of aliphatic hydroxyl groups excluding tert-OH is 1. The number of carboxylic acid groups (broad SMARTS) is 1. The first-order valence-electron chi connectivity index (χ1n) is 10.0. The molecule has 0 aliphatic heterocycles. The van der Waals surface area contributed by atoms with Gasteiger partial charge in [-0.15, -0.1) is 0 Å². The zero-order valence-electron chi connectivity index (χ0n) is 15.5. The van der Waals surface area contributed by atoms with Gasteiger partial charge in [-0.25, -0.2) is 0 Å².